The average molecular weight is 272 g/mol. The van der Waals surface area contributed by atoms with E-state index >= 15 is 0 Å². The molecule has 102 valence electrons. The molecule has 0 saturated heterocycles. The zero-order chi connectivity index (χ0) is 13.4. The zero-order valence-corrected chi connectivity index (χ0v) is 12.1. The fourth-order valence-electron chi connectivity index (χ4n) is 1.67. The number of benzene rings is 1. The van der Waals surface area contributed by atoms with Crippen molar-refractivity contribution in [2.45, 2.75) is 33.2 Å². The van der Waals surface area contributed by atoms with Gasteiger partial charge in [0.05, 0.1) is 13.7 Å². The summed E-state index contributed by atoms with van der Waals surface area (Å²) in [5.41, 5.74) is 1.04. The average Bonchev–Trinajstić information content (AvgIpc) is 2.37. The first-order valence-electron chi connectivity index (χ1n) is 6.42. The summed E-state index contributed by atoms with van der Waals surface area (Å²) in [6, 6.07) is 3.72. The molecular formula is C14H22ClNO2. The van der Waals surface area contributed by atoms with Gasteiger partial charge in [-0.05, 0) is 25.5 Å². The Balaban J connectivity index is 2.91. The molecule has 0 aliphatic carbocycles. The zero-order valence-electron chi connectivity index (χ0n) is 11.4. The Kier molecular flexibility index (Phi) is 6.91. The first kappa shape index (κ1) is 15.1. The molecule has 0 radical (unpaired) electrons. The molecule has 0 fully saturated rings. The predicted molar refractivity (Wildman–Crippen MR) is 75.8 cm³/mol. The summed E-state index contributed by atoms with van der Waals surface area (Å²) >= 11 is 6.08. The molecular weight excluding hydrogens is 250 g/mol. The highest BCUT2D eigenvalue weighted by molar-refractivity contribution is 6.30. The summed E-state index contributed by atoms with van der Waals surface area (Å²) < 4.78 is 11.1. The molecule has 0 atom stereocenters. The highest BCUT2D eigenvalue weighted by Crippen LogP contribution is 2.34. The minimum absolute atomic E-state index is 0.670. The first-order valence-corrected chi connectivity index (χ1v) is 6.80. The summed E-state index contributed by atoms with van der Waals surface area (Å²) in [6.45, 7) is 6.61. The molecule has 0 spiro atoms. The van der Waals surface area contributed by atoms with E-state index in [4.69, 9.17) is 21.1 Å². The number of methoxy groups -OCH3 is 1. The predicted octanol–water partition coefficient (Wildman–Crippen LogP) is 3.64. The summed E-state index contributed by atoms with van der Waals surface area (Å²) in [5, 5.41) is 4.02. The molecule has 0 heterocycles. The molecule has 0 saturated carbocycles. The van der Waals surface area contributed by atoms with Crippen LogP contribution in [0.25, 0.3) is 0 Å². The molecule has 1 N–H and O–H groups in total. The lowest BCUT2D eigenvalue weighted by molar-refractivity contribution is 0.290. The third-order valence-corrected chi connectivity index (χ3v) is 2.73. The van der Waals surface area contributed by atoms with Gasteiger partial charge >= 0.3 is 0 Å². The van der Waals surface area contributed by atoms with Crippen molar-refractivity contribution >= 4 is 11.6 Å². The van der Waals surface area contributed by atoms with Crippen molar-refractivity contribution in [3.05, 3.63) is 22.7 Å². The monoisotopic (exact) mass is 271 g/mol. The smallest absolute Gasteiger partial charge is 0.165 e. The van der Waals surface area contributed by atoms with Gasteiger partial charge in [0.1, 0.15) is 0 Å². The number of ether oxygens (including phenoxy) is 2. The number of halogens is 1. The van der Waals surface area contributed by atoms with E-state index in [1.807, 2.05) is 6.07 Å². The van der Waals surface area contributed by atoms with Crippen LogP contribution in [-0.4, -0.2) is 20.3 Å². The number of hydrogen-bond donors (Lipinski definition) is 1. The Hall–Kier alpha value is -0.930. The van der Waals surface area contributed by atoms with E-state index in [0.29, 0.717) is 17.4 Å². The third-order valence-electron chi connectivity index (χ3n) is 2.51. The van der Waals surface area contributed by atoms with E-state index in [2.05, 4.69) is 19.2 Å². The molecule has 0 aliphatic rings. The van der Waals surface area contributed by atoms with Gasteiger partial charge in [0.15, 0.2) is 11.5 Å². The molecule has 1 aromatic carbocycles. The minimum Gasteiger partial charge on any atom is -0.493 e. The standard InChI is InChI=1S/C14H22ClNO2/c1-4-6-16-10-11-8-12(15)9-13(17-3)14(11)18-7-5-2/h8-9,16H,4-7,10H2,1-3H3. The van der Waals surface area contributed by atoms with Crippen molar-refractivity contribution in [3.8, 4) is 11.5 Å². The second-order valence-corrected chi connectivity index (χ2v) is 4.56. The SMILES string of the molecule is CCCNCc1cc(Cl)cc(OC)c1OCCC. The minimum atomic E-state index is 0.670. The Bertz CT molecular complexity index is 369. The van der Waals surface area contributed by atoms with Crippen LogP contribution in [0.4, 0.5) is 0 Å². The highest BCUT2D eigenvalue weighted by atomic mass is 35.5. The maximum Gasteiger partial charge on any atom is 0.165 e. The second kappa shape index (κ2) is 8.22. The molecule has 1 aromatic rings. The van der Waals surface area contributed by atoms with Crippen molar-refractivity contribution in [1.29, 1.82) is 0 Å². The Morgan fingerprint density at radius 1 is 1.22 bits per heavy atom. The fourth-order valence-corrected chi connectivity index (χ4v) is 1.90. The lowest BCUT2D eigenvalue weighted by atomic mass is 10.1. The number of hydrogen-bond acceptors (Lipinski definition) is 3. The van der Waals surface area contributed by atoms with Crippen LogP contribution >= 0.6 is 11.6 Å². The molecule has 3 nitrogen and oxygen atoms in total. The molecule has 0 aliphatic heterocycles. The van der Waals surface area contributed by atoms with Gasteiger partial charge < -0.3 is 14.8 Å². The van der Waals surface area contributed by atoms with Gasteiger partial charge in [0.25, 0.3) is 0 Å². The molecule has 0 unspecified atom stereocenters. The normalized spacial score (nSPS) is 10.4. The topological polar surface area (TPSA) is 30.5 Å². The van der Waals surface area contributed by atoms with Crippen LogP contribution < -0.4 is 14.8 Å². The van der Waals surface area contributed by atoms with Gasteiger partial charge in [-0.1, -0.05) is 25.4 Å². The van der Waals surface area contributed by atoms with Gasteiger partial charge in [-0.25, -0.2) is 0 Å². The van der Waals surface area contributed by atoms with E-state index in [0.717, 1.165) is 37.2 Å². The Morgan fingerprint density at radius 3 is 2.61 bits per heavy atom. The first-order chi connectivity index (χ1) is 8.72. The summed E-state index contributed by atoms with van der Waals surface area (Å²) in [7, 11) is 1.63. The largest absolute Gasteiger partial charge is 0.493 e. The van der Waals surface area contributed by atoms with Crippen molar-refractivity contribution in [2.75, 3.05) is 20.3 Å². The van der Waals surface area contributed by atoms with Gasteiger partial charge in [0.2, 0.25) is 0 Å². The van der Waals surface area contributed by atoms with Crippen molar-refractivity contribution in [2.24, 2.45) is 0 Å². The maximum atomic E-state index is 6.08. The fraction of sp³-hybridized carbons (Fsp3) is 0.571. The van der Waals surface area contributed by atoms with Gasteiger partial charge in [0, 0.05) is 23.2 Å². The molecule has 18 heavy (non-hydrogen) atoms. The van der Waals surface area contributed by atoms with Crippen LogP contribution in [0.1, 0.15) is 32.3 Å². The van der Waals surface area contributed by atoms with Gasteiger partial charge in [-0.3, -0.25) is 0 Å². The lowest BCUT2D eigenvalue weighted by Gasteiger charge is -2.15. The summed E-state index contributed by atoms with van der Waals surface area (Å²) in [6.07, 6.45) is 2.07. The van der Waals surface area contributed by atoms with Crippen molar-refractivity contribution in [1.82, 2.24) is 5.32 Å². The molecule has 4 heteroatoms. The Labute approximate surface area is 114 Å². The van der Waals surface area contributed by atoms with Crippen LogP contribution in [-0.2, 0) is 6.54 Å². The molecule has 0 bridgehead atoms. The quantitative estimate of drug-likeness (QED) is 0.733. The summed E-state index contributed by atoms with van der Waals surface area (Å²) in [4.78, 5) is 0. The summed E-state index contributed by atoms with van der Waals surface area (Å²) in [5.74, 6) is 1.50. The molecule has 0 aromatic heterocycles. The number of nitrogens with one attached hydrogen (secondary N) is 1. The van der Waals surface area contributed by atoms with Gasteiger partial charge in [-0.2, -0.15) is 0 Å². The third kappa shape index (κ3) is 4.39. The van der Waals surface area contributed by atoms with E-state index in [-0.39, 0.29) is 0 Å². The van der Waals surface area contributed by atoms with Crippen LogP contribution in [0.3, 0.4) is 0 Å². The van der Waals surface area contributed by atoms with Crippen LogP contribution in [0.2, 0.25) is 5.02 Å². The second-order valence-electron chi connectivity index (χ2n) is 4.12. The van der Waals surface area contributed by atoms with E-state index < -0.39 is 0 Å². The van der Waals surface area contributed by atoms with E-state index in [1.165, 1.54) is 0 Å². The van der Waals surface area contributed by atoms with Crippen molar-refractivity contribution < 1.29 is 9.47 Å². The number of rotatable bonds is 8. The van der Waals surface area contributed by atoms with Crippen molar-refractivity contribution in [3.63, 3.8) is 0 Å². The van der Waals surface area contributed by atoms with Crippen LogP contribution in [0.15, 0.2) is 12.1 Å². The maximum absolute atomic E-state index is 6.08. The van der Waals surface area contributed by atoms with Gasteiger partial charge in [-0.15, -0.1) is 0 Å². The lowest BCUT2D eigenvalue weighted by Crippen LogP contribution is -2.15. The molecule has 1 rings (SSSR count). The highest BCUT2D eigenvalue weighted by Gasteiger charge is 2.12. The molecule has 0 amide bonds. The van der Waals surface area contributed by atoms with E-state index in [1.54, 1.807) is 13.2 Å². The Morgan fingerprint density at radius 2 is 2.00 bits per heavy atom. The van der Waals surface area contributed by atoms with Crippen LogP contribution in [0.5, 0.6) is 11.5 Å². The van der Waals surface area contributed by atoms with Crippen LogP contribution in [0, 0.1) is 0 Å². The van der Waals surface area contributed by atoms with E-state index in [9.17, 15) is 0 Å².